The number of ether oxygens (including phenoxy) is 2. The van der Waals surface area contributed by atoms with E-state index in [-0.39, 0.29) is 12.1 Å². The molecule has 0 atom stereocenters. The molecule has 210 valence electrons. The van der Waals surface area contributed by atoms with Crippen molar-refractivity contribution in [1.82, 2.24) is 15.1 Å². The molecule has 9 nitrogen and oxygen atoms in total. The van der Waals surface area contributed by atoms with E-state index < -0.39 is 10.0 Å². The Kier molecular flexibility index (Phi) is 11.7. The van der Waals surface area contributed by atoms with E-state index >= 15 is 0 Å². The van der Waals surface area contributed by atoms with Gasteiger partial charge in [-0.3, -0.25) is 9.62 Å². The molecule has 2 aromatic rings. The topological polar surface area (TPSA) is 100 Å². The second kappa shape index (κ2) is 14.9. The van der Waals surface area contributed by atoms with Crippen molar-refractivity contribution >= 4 is 21.7 Å². The molecule has 1 saturated heterocycles. The number of unbranched alkanes of at least 4 members (excludes halogenated alkanes) is 2. The van der Waals surface area contributed by atoms with Gasteiger partial charge < -0.3 is 19.7 Å². The predicted molar refractivity (Wildman–Crippen MR) is 151 cm³/mol. The zero-order chi connectivity index (χ0) is 27.4. The van der Waals surface area contributed by atoms with Gasteiger partial charge in [0.2, 0.25) is 10.0 Å². The number of carbonyl (C=O) groups excluding carboxylic acids is 1. The highest BCUT2D eigenvalue weighted by atomic mass is 32.2. The molecule has 1 heterocycles. The molecular weight excluding hydrogens is 504 g/mol. The highest BCUT2D eigenvalue weighted by molar-refractivity contribution is 7.92. The number of sulfonamides is 1. The van der Waals surface area contributed by atoms with Gasteiger partial charge in [-0.15, -0.1) is 0 Å². The molecule has 3 rings (SSSR count). The van der Waals surface area contributed by atoms with Crippen LogP contribution in [0.3, 0.4) is 0 Å². The molecule has 0 aliphatic carbocycles. The van der Waals surface area contributed by atoms with Crippen LogP contribution in [-0.4, -0.2) is 76.4 Å². The highest BCUT2D eigenvalue weighted by Crippen LogP contribution is 2.24. The van der Waals surface area contributed by atoms with Crippen LogP contribution in [0.4, 0.5) is 10.5 Å². The quantitative estimate of drug-likeness (QED) is 0.334. The number of methoxy groups -OCH3 is 1. The third-order valence-corrected chi connectivity index (χ3v) is 7.13. The van der Waals surface area contributed by atoms with Crippen molar-refractivity contribution in [2.75, 3.05) is 50.9 Å². The molecule has 2 N–H and O–H groups in total. The maximum absolute atomic E-state index is 12.8. The molecule has 0 radical (unpaired) electrons. The summed E-state index contributed by atoms with van der Waals surface area (Å²) in [6.45, 7) is 6.83. The molecule has 10 heteroatoms. The first-order valence-electron chi connectivity index (χ1n) is 13.4. The van der Waals surface area contributed by atoms with Crippen molar-refractivity contribution in [1.29, 1.82) is 0 Å². The van der Waals surface area contributed by atoms with E-state index in [1.54, 1.807) is 31.4 Å². The minimum Gasteiger partial charge on any atom is -0.457 e. The van der Waals surface area contributed by atoms with Gasteiger partial charge in [-0.05, 0) is 61.2 Å². The third-order valence-electron chi connectivity index (χ3n) is 6.52. The van der Waals surface area contributed by atoms with Crippen molar-refractivity contribution in [3.05, 3.63) is 54.1 Å². The van der Waals surface area contributed by atoms with Gasteiger partial charge in [0, 0.05) is 51.6 Å². The van der Waals surface area contributed by atoms with Gasteiger partial charge in [-0.2, -0.15) is 0 Å². The summed E-state index contributed by atoms with van der Waals surface area (Å²) >= 11 is 0. The second-order valence-corrected chi connectivity index (χ2v) is 11.6. The summed E-state index contributed by atoms with van der Waals surface area (Å²) in [6.07, 6.45) is 6.27. The molecule has 0 bridgehead atoms. The number of anilines is 1. The van der Waals surface area contributed by atoms with Crippen molar-refractivity contribution in [3.63, 3.8) is 0 Å². The van der Waals surface area contributed by atoms with E-state index in [1.165, 1.54) is 5.56 Å². The number of carbonyl (C=O) groups is 1. The molecule has 0 unspecified atom stereocenters. The first kappa shape index (κ1) is 29.7. The fourth-order valence-electron chi connectivity index (χ4n) is 4.43. The number of piperidine rings is 1. The van der Waals surface area contributed by atoms with E-state index in [9.17, 15) is 13.2 Å². The van der Waals surface area contributed by atoms with Gasteiger partial charge in [0.25, 0.3) is 0 Å². The van der Waals surface area contributed by atoms with Crippen LogP contribution in [0.1, 0.15) is 44.6 Å². The summed E-state index contributed by atoms with van der Waals surface area (Å²) in [4.78, 5) is 17.1. The number of benzene rings is 2. The first-order valence-corrected chi connectivity index (χ1v) is 15.3. The lowest BCUT2D eigenvalue weighted by molar-refractivity contribution is 0.140. The van der Waals surface area contributed by atoms with E-state index in [1.807, 2.05) is 17.0 Å². The lowest BCUT2D eigenvalue weighted by Gasteiger charge is -2.34. The van der Waals surface area contributed by atoms with Crippen LogP contribution < -0.4 is 14.8 Å². The summed E-state index contributed by atoms with van der Waals surface area (Å²) in [5.41, 5.74) is 1.70. The van der Waals surface area contributed by atoms with Gasteiger partial charge in [0.05, 0.1) is 12.9 Å². The molecule has 1 fully saturated rings. The van der Waals surface area contributed by atoms with Crippen LogP contribution in [0.15, 0.2) is 48.5 Å². The maximum atomic E-state index is 12.8. The summed E-state index contributed by atoms with van der Waals surface area (Å²) < 4.78 is 36.2. The fraction of sp³-hybridized carbons (Fsp3) is 0.536. The van der Waals surface area contributed by atoms with E-state index in [2.05, 4.69) is 34.0 Å². The molecule has 1 aliphatic heterocycles. The lowest BCUT2D eigenvalue weighted by atomic mass is 10.0. The minimum absolute atomic E-state index is 0.0218. The number of amides is 2. The number of nitrogens with zero attached hydrogens (tertiary/aromatic N) is 2. The summed E-state index contributed by atoms with van der Waals surface area (Å²) in [5.74, 6) is 1.35. The van der Waals surface area contributed by atoms with Crippen LogP contribution in [-0.2, 0) is 21.3 Å². The fourth-order valence-corrected chi connectivity index (χ4v) is 5.00. The summed E-state index contributed by atoms with van der Waals surface area (Å²) in [6, 6.07) is 15.0. The Bertz CT molecular complexity index is 1090. The van der Waals surface area contributed by atoms with Crippen LogP contribution in [0, 0.1) is 0 Å². The van der Waals surface area contributed by atoms with Gasteiger partial charge in [-0.25, -0.2) is 13.2 Å². The Balaban J connectivity index is 1.42. The number of urea groups is 1. The zero-order valence-corrected chi connectivity index (χ0v) is 23.6. The molecule has 0 aromatic heterocycles. The minimum atomic E-state index is -3.30. The monoisotopic (exact) mass is 546 g/mol. The zero-order valence-electron chi connectivity index (χ0n) is 22.8. The van der Waals surface area contributed by atoms with E-state index in [0.717, 1.165) is 70.3 Å². The van der Waals surface area contributed by atoms with Crippen LogP contribution in [0.25, 0.3) is 0 Å². The number of hydrogen-bond donors (Lipinski definition) is 2. The Hall–Kier alpha value is -2.82. The van der Waals surface area contributed by atoms with Crippen LogP contribution >= 0.6 is 0 Å². The van der Waals surface area contributed by atoms with E-state index in [0.29, 0.717) is 24.6 Å². The van der Waals surface area contributed by atoms with E-state index in [4.69, 9.17) is 9.47 Å². The Morgan fingerprint density at radius 3 is 2.21 bits per heavy atom. The van der Waals surface area contributed by atoms with Crippen molar-refractivity contribution in [2.45, 2.75) is 51.6 Å². The van der Waals surface area contributed by atoms with Crippen molar-refractivity contribution in [2.24, 2.45) is 0 Å². The maximum Gasteiger partial charge on any atom is 0.317 e. The number of nitrogens with one attached hydrogen (secondary N) is 2. The molecule has 0 spiro atoms. The van der Waals surface area contributed by atoms with Crippen molar-refractivity contribution in [3.8, 4) is 11.5 Å². The predicted octanol–water partition coefficient (Wildman–Crippen LogP) is 4.66. The Morgan fingerprint density at radius 1 is 1.00 bits per heavy atom. The number of hydrogen-bond acceptors (Lipinski definition) is 6. The number of likely N-dealkylation sites (tertiary alicyclic amines) is 1. The smallest absolute Gasteiger partial charge is 0.317 e. The average Bonchev–Trinajstić information content (AvgIpc) is 2.88. The van der Waals surface area contributed by atoms with Crippen molar-refractivity contribution < 1.29 is 22.7 Å². The third kappa shape index (κ3) is 10.5. The summed E-state index contributed by atoms with van der Waals surface area (Å²) in [7, 11) is -1.64. The first-order chi connectivity index (χ1) is 18.3. The standard InChI is InChI=1S/C28H42N4O5S/c1-4-5-6-17-32(20-21-36-2)28(33)29-24-15-18-31(19-16-24)22-23-7-11-26(12-8-23)37-27-13-9-25(10-14-27)30-38(3,34)35/h7-14,24,30H,4-6,15-22H2,1-3H3,(H,29,33). The largest absolute Gasteiger partial charge is 0.457 e. The van der Waals surface area contributed by atoms with Crippen LogP contribution in [0.5, 0.6) is 11.5 Å². The SMILES string of the molecule is CCCCCN(CCOC)C(=O)NC1CCN(Cc2ccc(Oc3ccc(NS(C)(=O)=O)cc3)cc2)CC1. The number of rotatable bonds is 14. The second-order valence-electron chi connectivity index (χ2n) is 9.83. The molecule has 38 heavy (non-hydrogen) atoms. The average molecular weight is 547 g/mol. The molecule has 2 amide bonds. The summed E-state index contributed by atoms with van der Waals surface area (Å²) in [5, 5.41) is 3.24. The van der Waals surface area contributed by atoms with Gasteiger partial charge >= 0.3 is 6.03 Å². The normalized spacial score (nSPS) is 14.7. The van der Waals surface area contributed by atoms with Gasteiger partial charge in [-0.1, -0.05) is 31.9 Å². The lowest BCUT2D eigenvalue weighted by Crippen LogP contribution is -2.50. The van der Waals surface area contributed by atoms with Gasteiger partial charge in [0.15, 0.2) is 0 Å². The Morgan fingerprint density at radius 2 is 1.63 bits per heavy atom. The van der Waals surface area contributed by atoms with Crippen LogP contribution in [0.2, 0.25) is 0 Å². The molecule has 0 saturated carbocycles. The molecule has 1 aliphatic rings. The van der Waals surface area contributed by atoms with Gasteiger partial charge in [0.1, 0.15) is 11.5 Å². The highest BCUT2D eigenvalue weighted by Gasteiger charge is 2.23. The Labute approximate surface area is 227 Å². The molecular formula is C28H42N4O5S. The molecule has 2 aromatic carbocycles.